The Balaban J connectivity index is 1.80. The Morgan fingerprint density at radius 3 is 2.77 bits per heavy atom. The van der Waals surface area contributed by atoms with Gasteiger partial charge in [0.2, 0.25) is 0 Å². The van der Waals surface area contributed by atoms with Crippen LogP contribution < -0.4 is 0 Å². The number of nitrogens with one attached hydrogen (secondary N) is 1. The van der Waals surface area contributed by atoms with Crippen LogP contribution >= 0.6 is 0 Å². The molecule has 30 heavy (non-hydrogen) atoms. The molecule has 1 aromatic carbocycles. The lowest BCUT2D eigenvalue weighted by molar-refractivity contribution is -0.104. The second-order valence-electron chi connectivity index (χ2n) is 10.9. The Bertz CT molecular complexity index is 944. The molecule has 162 valence electrons. The minimum absolute atomic E-state index is 0.0447. The molecule has 2 heteroatoms. The van der Waals surface area contributed by atoms with Crippen molar-refractivity contribution in [3.05, 3.63) is 59.8 Å². The quantitative estimate of drug-likeness (QED) is 0.507. The van der Waals surface area contributed by atoms with Crippen LogP contribution in [0, 0.1) is 22.7 Å². The number of allylic oxidation sites excluding steroid dienone is 3. The minimum atomic E-state index is -0.225. The molecule has 0 bridgehead atoms. The van der Waals surface area contributed by atoms with Gasteiger partial charge in [0.25, 0.3) is 0 Å². The van der Waals surface area contributed by atoms with Crippen molar-refractivity contribution in [1.82, 2.24) is 4.98 Å². The highest BCUT2D eigenvalue weighted by Crippen LogP contribution is 2.61. The second-order valence-corrected chi connectivity index (χ2v) is 10.9. The fourth-order valence-corrected chi connectivity index (χ4v) is 6.69. The lowest BCUT2D eigenvalue weighted by Crippen LogP contribution is -2.54. The SMILES string of the molecule is C=C1CCC2C(C(O)CCC2(C)C)[C@]1(CCC=C(C)C)Cc1c[nH]c2ccccc12. The van der Waals surface area contributed by atoms with Gasteiger partial charge in [-0.2, -0.15) is 0 Å². The number of para-hydroxylation sites is 1. The molecule has 2 aliphatic rings. The number of aromatic nitrogens is 1. The summed E-state index contributed by atoms with van der Waals surface area (Å²) < 4.78 is 0. The molecular weight excluding hydrogens is 366 g/mol. The number of hydrogen-bond acceptors (Lipinski definition) is 1. The van der Waals surface area contributed by atoms with Crippen molar-refractivity contribution in [3.63, 3.8) is 0 Å². The van der Waals surface area contributed by atoms with E-state index < -0.39 is 0 Å². The molecule has 0 aliphatic heterocycles. The van der Waals surface area contributed by atoms with E-state index in [4.69, 9.17) is 0 Å². The zero-order valence-electron chi connectivity index (χ0n) is 19.3. The molecule has 0 saturated heterocycles. The van der Waals surface area contributed by atoms with Gasteiger partial charge in [-0.15, -0.1) is 0 Å². The number of rotatable bonds is 5. The van der Waals surface area contributed by atoms with Crippen molar-refractivity contribution >= 4 is 10.9 Å². The predicted octanol–water partition coefficient (Wildman–Crippen LogP) is 7.21. The van der Waals surface area contributed by atoms with Crippen LogP contribution in [0.25, 0.3) is 10.9 Å². The van der Waals surface area contributed by atoms with Crippen LogP contribution in [-0.4, -0.2) is 16.2 Å². The minimum Gasteiger partial charge on any atom is -0.393 e. The van der Waals surface area contributed by atoms with Crippen molar-refractivity contribution in [2.24, 2.45) is 22.7 Å². The van der Waals surface area contributed by atoms with Crippen LogP contribution in [0.15, 0.2) is 54.3 Å². The first-order chi connectivity index (χ1) is 14.2. The Hall–Kier alpha value is -1.80. The van der Waals surface area contributed by atoms with Crippen molar-refractivity contribution in [2.45, 2.75) is 78.7 Å². The molecule has 2 fully saturated rings. The third-order valence-corrected chi connectivity index (χ3v) is 8.36. The van der Waals surface area contributed by atoms with Gasteiger partial charge in [-0.05, 0) is 87.7 Å². The molecule has 2 aromatic rings. The van der Waals surface area contributed by atoms with Gasteiger partial charge >= 0.3 is 0 Å². The van der Waals surface area contributed by atoms with Crippen LogP contribution in [0.2, 0.25) is 0 Å². The smallest absolute Gasteiger partial charge is 0.0580 e. The normalized spacial score (nSPS) is 30.8. The van der Waals surface area contributed by atoms with Gasteiger partial charge in [-0.25, -0.2) is 0 Å². The first kappa shape index (κ1) is 21.4. The van der Waals surface area contributed by atoms with Gasteiger partial charge in [0.05, 0.1) is 6.10 Å². The van der Waals surface area contributed by atoms with Gasteiger partial charge in [0.15, 0.2) is 0 Å². The number of benzene rings is 1. The monoisotopic (exact) mass is 405 g/mol. The Kier molecular flexibility index (Phi) is 5.74. The summed E-state index contributed by atoms with van der Waals surface area (Å²) in [7, 11) is 0. The first-order valence-corrected chi connectivity index (χ1v) is 11.8. The molecule has 1 heterocycles. The average Bonchev–Trinajstić information content (AvgIpc) is 3.09. The molecule has 2 N–H and O–H groups in total. The molecule has 2 aliphatic carbocycles. The third-order valence-electron chi connectivity index (χ3n) is 8.36. The lowest BCUT2D eigenvalue weighted by atomic mass is 9.46. The van der Waals surface area contributed by atoms with Gasteiger partial charge < -0.3 is 10.1 Å². The molecule has 4 atom stereocenters. The van der Waals surface area contributed by atoms with E-state index in [1.807, 2.05) is 0 Å². The summed E-state index contributed by atoms with van der Waals surface area (Å²) in [5.41, 5.74) is 5.56. The molecule has 2 nitrogen and oxygen atoms in total. The van der Waals surface area contributed by atoms with E-state index in [-0.39, 0.29) is 16.9 Å². The van der Waals surface area contributed by atoms with E-state index in [9.17, 15) is 5.11 Å². The van der Waals surface area contributed by atoms with E-state index in [0.29, 0.717) is 11.8 Å². The number of aliphatic hydroxyl groups excluding tert-OH is 1. The Labute approximate surface area is 182 Å². The maximum atomic E-state index is 11.4. The van der Waals surface area contributed by atoms with Gasteiger partial charge in [0.1, 0.15) is 0 Å². The summed E-state index contributed by atoms with van der Waals surface area (Å²) in [5.74, 6) is 0.852. The standard InChI is InChI=1S/C28H39NO/c1-19(2)9-8-15-28(17-21-18-29-24-11-7-6-10-22(21)24)20(3)12-13-23-26(28)25(30)14-16-27(23,4)5/h6-7,9-11,18,23,25-26,29-30H,3,8,12-17H2,1-2,4-5H3/t23?,25?,26?,28-/m1/s1. The van der Waals surface area contributed by atoms with E-state index >= 15 is 0 Å². The highest BCUT2D eigenvalue weighted by Gasteiger charge is 2.56. The average molecular weight is 406 g/mol. The summed E-state index contributed by atoms with van der Waals surface area (Å²) in [5, 5.41) is 12.7. The van der Waals surface area contributed by atoms with Crippen LogP contribution in [0.5, 0.6) is 0 Å². The summed E-state index contributed by atoms with van der Waals surface area (Å²) in [6.07, 6.45) is 11.8. The molecule has 0 amide bonds. The fraction of sp³-hybridized carbons (Fsp3) is 0.571. The maximum absolute atomic E-state index is 11.4. The highest BCUT2D eigenvalue weighted by atomic mass is 16.3. The van der Waals surface area contributed by atoms with Crippen LogP contribution in [0.3, 0.4) is 0 Å². The van der Waals surface area contributed by atoms with Gasteiger partial charge in [-0.1, -0.05) is 55.8 Å². The van der Waals surface area contributed by atoms with Crippen molar-refractivity contribution in [2.75, 3.05) is 0 Å². The zero-order valence-corrected chi connectivity index (χ0v) is 19.3. The van der Waals surface area contributed by atoms with E-state index in [2.05, 4.69) is 75.8 Å². The van der Waals surface area contributed by atoms with Crippen molar-refractivity contribution in [1.29, 1.82) is 0 Å². The topological polar surface area (TPSA) is 36.0 Å². The number of aromatic amines is 1. The Morgan fingerprint density at radius 2 is 2.00 bits per heavy atom. The largest absolute Gasteiger partial charge is 0.393 e. The van der Waals surface area contributed by atoms with Crippen LogP contribution in [-0.2, 0) is 6.42 Å². The molecule has 4 rings (SSSR count). The fourth-order valence-electron chi connectivity index (χ4n) is 6.69. The zero-order chi connectivity index (χ0) is 21.5. The number of aliphatic hydroxyl groups is 1. The van der Waals surface area contributed by atoms with Crippen molar-refractivity contribution in [3.8, 4) is 0 Å². The van der Waals surface area contributed by atoms with E-state index in [1.165, 1.54) is 34.0 Å². The molecular formula is C28H39NO. The summed E-state index contributed by atoms with van der Waals surface area (Å²) in [6.45, 7) is 13.9. The van der Waals surface area contributed by atoms with Crippen molar-refractivity contribution < 1.29 is 5.11 Å². The summed E-state index contributed by atoms with van der Waals surface area (Å²) in [4.78, 5) is 3.48. The van der Waals surface area contributed by atoms with E-state index in [1.54, 1.807) is 0 Å². The van der Waals surface area contributed by atoms with E-state index in [0.717, 1.165) is 38.5 Å². The maximum Gasteiger partial charge on any atom is 0.0580 e. The number of fused-ring (bicyclic) bond motifs is 2. The number of H-pyrrole nitrogens is 1. The molecule has 1 aromatic heterocycles. The second kappa shape index (κ2) is 8.04. The first-order valence-electron chi connectivity index (χ1n) is 11.8. The highest BCUT2D eigenvalue weighted by molar-refractivity contribution is 5.83. The van der Waals surface area contributed by atoms with Gasteiger partial charge in [0, 0.05) is 22.5 Å². The van der Waals surface area contributed by atoms with Crippen LogP contribution in [0.1, 0.15) is 71.8 Å². The molecule has 0 spiro atoms. The van der Waals surface area contributed by atoms with Crippen LogP contribution in [0.4, 0.5) is 0 Å². The summed E-state index contributed by atoms with van der Waals surface area (Å²) in [6, 6.07) is 8.61. The molecule has 2 saturated carbocycles. The lowest BCUT2D eigenvalue weighted by Gasteiger charge is -2.59. The van der Waals surface area contributed by atoms with Gasteiger partial charge in [-0.3, -0.25) is 0 Å². The number of hydrogen-bond donors (Lipinski definition) is 2. The Morgan fingerprint density at radius 1 is 1.23 bits per heavy atom. The summed E-state index contributed by atoms with van der Waals surface area (Å²) >= 11 is 0. The molecule has 0 radical (unpaired) electrons. The molecule has 3 unspecified atom stereocenters. The third kappa shape index (κ3) is 3.68. The predicted molar refractivity (Wildman–Crippen MR) is 127 cm³/mol.